The number of benzene rings is 2. The third kappa shape index (κ3) is 3.28. The molecule has 0 aliphatic carbocycles. The lowest BCUT2D eigenvalue weighted by Gasteiger charge is -2.19. The summed E-state index contributed by atoms with van der Waals surface area (Å²) in [4.78, 5) is 12.7. The summed E-state index contributed by atoms with van der Waals surface area (Å²) in [6.07, 6.45) is 0. The summed E-state index contributed by atoms with van der Waals surface area (Å²) >= 11 is 0. The lowest BCUT2D eigenvalue weighted by Crippen LogP contribution is -2.32. The number of aryl methyl sites for hydroxylation is 2. The number of hydrogen-bond donors (Lipinski definition) is 1. The van der Waals surface area contributed by atoms with Gasteiger partial charge in [-0.15, -0.1) is 10.2 Å². The number of carbonyl (C=O) groups excluding carboxylic acids is 1. The highest BCUT2D eigenvalue weighted by molar-refractivity contribution is 5.95. The lowest BCUT2D eigenvalue weighted by atomic mass is 10.0. The monoisotopic (exact) mass is 338 g/mol. The lowest BCUT2D eigenvalue weighted by molar-refractivity contribution is 0.0937. The van der Waals surface area contributed by atoms with Crippen molar-refractivity contribution in [2.24, 2.45) is 7.05 Å². The van der Waals surface area contributed by atoms with Crippen LogP contribution >= 0.6 is 0 Å². The van der Waals surface area contributed by atoms with Crippen LogP contribution in [-0.2, 0) is 7.05 Å². The van der Waals surface area contributed by atoms with Crippen molar-refractivity contribution >= 4 is 5.91 Å². The first-order valence-electron chi connectivity index (χ1n) is 7.96. The largest absolute Gasteiger partial charge is 0.338 e. The van der Waals surface area contributed by atoms with E-state index in [1.165, 1.54) is 6.07 Å². The molecule has 0 saturated carbocycles. The molecule has 6 heteroatoms. The van der Waals surface area contributed by atoms with E-state index in [2.05, 4.69) is 15.5 Å². The zero-order valence-electron chi connectivity index (χ0n) is 14.3. The molecule has 0 aliphatic rings. The van der Waals surface area contributed by atoms with E-state index in [9.17, 15) is 9.18 Å². The molecule has 3 rings (SSSR count). The van der Waals surface area contributed by atoms with Crippen molar-refractivity contribution in [2.75, 3.05) is 0 Å². The summed E-state index contributed by atoms with van der Waals surface area (Å²) in [5, 5.41) is 11.1. The molecule has 1 atom stereocenters. The van der Waals surface area contributed by atoms with Gasteiger partial charge in [0.05, 0.1) is 5.56 Å². The van der Waals surface area contributed by atoms with E-state index in [0.29, 0.717) is 11.4 Å². The smallest absolute Gasteiger partial charge is 0.255 e. The Morgan fingerprint density at radius 1 is 1.08 bits per heavy atom. The number of amides is 1. The molecule has 2 aromatic carbocycles. The molecule has 3 aromatic rings. The average molecular weight is 338 g/mol. The number of rotatable bonds is 4. The molecule has 0 saturated heterocycles. The SMILES string of the molecule is Cc1cccc(C(=O)N[C@H](c2ccccc2)c2nnc(C)n2C)c1F. The Bertz CT molecular complexity index is 905. The standard InChI is InChI=1S/C19H19FN4O/c1-12-8-7-11-15(16(12)20)19(25)21-17(14-9-5-4-6-10-14)18-23-22-13(2)24(18)3/h4-11,17H,1-3H3,(H,21,25)/t17-/m1/s1. The number of halogens is 1. The summed E-state index contributed by atoms with van der Waals surface area (Å²) < 4.78 is 16.1. The fourth-order valence-corrected chi connectivity index (χ4v) is 2.65. The van der Waals surface area contributed by atoms with Gasteiger partial charge >= 0.3 is 0 Å². The van der Waals surface area contributed by atoms with E-state index in [0.717, 1.165) is 11.4 Å². The molecule has 1 N–H and O–H groups in total. The number of hydrogen-bond acceptors (Lipinski definition) is 3. The van der Waals surface area contributed by atoms with Gasteiger partial charge in [-0.3, -0.25) is 4.79 Å². The first-order chi connectivity index (χ1) is 12.0. The van der Waals surface area contributed by atoms with Crippen molar-refractivity contribution in [1.29, 1.82) is 0 Å². The van der Waals surface area contributed by atoms with E-state index < -0.39 is 17.8 Å². The molecule has 0 unspecified atom stereocenters. The van der Waals surface area contributed by atoms with Crippen LogP contribution in [0.15, 0.2) is 48.5 Å². The first-order valence-corrected chi connectivity index (χ1v) is 7.96. The number of aromatic nitrogens is 3. The van der Waals surface area contributed by atoms with Crippen LogP contribution in [0, 0.1) is 19.7 Å². The van der Waals surface area contributed by atoms with Crippen LogP contribution in [-0.4, -0.2) is 20.7 Å². The minimum atomic E-state index is -0.528. The van der Waals surface area contributed by atoms with Crippen LogP contribution in [0.4, 0.5) is 4.39 Å². The Morgan fingerprint density at radius 2 is 1.80 bits per heavy atom. The topological polar surface area (TPSA) is 59.8 Å². The maximum Gasteiger partial charge on any atom is 0.255 e. The first kappa shape index (κ1) is 16.8. The van der Waals surface area contributed by atoms with Gasteiger partial charge < -0.3 is 9.88 Å². The second-order valence-electron chi connectivity index (χ2n) is 5.92. The second kappa shape index (κ2) is 6.84. The third-order valence-corrected chi connectivity index (χ3v) is 4.23. The third-order valence-electron chi connectivity index (χ3n) is 4.23. The zero-order chi connectivity index (χ0) is 18.0. The summed E-state index contributed by atoms with van der Waals surface area (Å²) in [5.74, 6) is 0.314. The van der Waals surface area contributed by atoms with Crippen molar-refractivity contribution in [3.63, 3.8) is 0 Å². The van der Waals surface area contributed by atoms with Crippen LogP contribution in [0.3, 0.4) is 0 Å². The van der Waals surface area contributed by atoms with Gasteiger partial charge in [0.25, 0.3) is 5.91 Å². The van der Waals surface area contributed by atoms with Crippen LogP contribution in [0.1, 0.15) is 39.2 Å². The van der Waals surface area contributed by atoms with Gasteiger partial charge in [-0.2, -0.15) is 0 Å². The van der Waals surface area contributed by atoms with Gasteiger partial charge in [-0.1, -0.05) is 42.5 Å². The van der Waals surface area contributed by atoms with Crippen LogP contribution in [0.5, 0.6) is 0 Å². The van der Waals surface area contributed by atoms with Gasteiger partial charge in [-0.05, 0) is 31.0 Å². The minimum absolute atomic E-state index is 0.0137. The van der Waals surface area contributed by atoms with Crippen LogP contribution in [0.25, 0.3) is 0 Å². The molecule has 1 aromatic heterocycles. The van der Waals surface area contributed by atoms with E-state index in [-0.39, 0.29) is 5.56 Å². The van der Waals surface area contributed by atoms with Crippen LogP contribution < -0.4 is 5.32 Å². The predicted molar refractivity (Wildman–Crippen MR) is 92.6 cm³/mol. The number of carbonyl (C=O) groups is 1. The fraction of sp³-hybridized carbons (Fsp3) is 0.211. The van der Waals surface area contributed by atoms with Gasteiger partial charge in [0.1, 0.15) is 17.7 Å². The molecule has 0 radical (unpaired) electrons. The molecular formula is C19H19FN4O. The van der Waals surface area contributed by atoms with E-state index in [1.54, 1.807) is 19.1 Å². The Morgan fingerprint density at radius 3 is 2.44 bits per heavy atom. The summed E-state index contributed by atoms with van der Waals surface area (Å²) in [6.45, 7) is 3.47. The molecule has 1 amide bonds. The zero-order valence-corrected chi connectivity index (χ0v) is 14.3. The summed E-state index contributed by atoms with van der Waals surface area (Å²) in [6, 6.07) is 13.7. The van der Waals surface area contributed by atoms with Crippen LogP contribution in [0.2, 0.25) is 0 Å². The minimum Gasteiger partial charge on any atom is -0.338 e. The Kier molecular flexibility index (Phi) is 4.61. The molecule has 128 valence electrons. The molecular weight excluding hydrogens is 319 g/mol. The second-order valence-corrected chi connectivity index (χ2v) is 5.92. The summed E-state index contributed by atoms with van der Waals surface area (Å²) in [5.41, 5.74) is 1.29. The molecule has 0 spiro atoms. The Hall–Kier alpha value is -3.02. The summed E-state index contributed by atoms with van der Waals surface area (Å²) in [7, 11) is 1.83. The molecule has 1 heterocycles. The fourth-order valence-electron chi connectivity index (χ4n) is 2.65. The van der Waals surface area contributed by atoms with Crippen molar-refractivity contribution in [3.8, 4) is 0 Å². The van der Waals surface area contributed by atoms with Crippen molar-refractivity contribution in [1.82, 2.24) is 20.1 Å². The molecule has 0 fully saturated rings. The number of nitrogens with zero attached hydrogens (tertiary/aromatic N) is 3. The molecule has 25 heavy (non-hydrogen) atoms. The van der Waals surface area contributed by atoms with E-state index in [4.69, 9.17) is 0 Å². The molecule has 0 aliphatic heterocycles. The van der Waals surface area contributed by atoms with Gasteiger partial charge in [0.15, 0.2) is 5.82 Å². The highest BCUT2D eigenvalue weighted by Gasteiger charge is 2.24. The Balaban J connectivity index is 2.00. The van der Waals surface area contributed by atoms with E-state index in [1.807, 2.05) is 48.9 Å². The number of nitrogens with one attached hydrogen (secondary N) is 1. The highest BCUT2D eigenvalue weighted by Crippen LogP contribution is 2.22. The maximum absolute atomic E-state index is 14.3. The van der Waals surface area contributed by atoms with Gasteiger partial charge in [0, 0.05) is 7.05 Å². The van der Waals surface area contributed by atoms with E-state index >= 15 is 0 Å². The highest BCUT2D eigenvalue weighted by atomic mass is 19.1. The molecule has 0 bridgehead atoms. The van der Waals surface area contributed by atoms with Crippen molar-refractivity contribution in [3.05, 3.63) is 82.7 Å². The average Bonchev–Trinajstić information content (AvgIpc) is 2.95. The predicted octanol–water partition coefficient (Wildman–Crippen LogP) is 3.09. The van der Waals surface area contributed by atoms with Crippen molar-refractivity contribution in [2.45, 2.75) is 19.9 Å². The van der Waals surface area contributed by atoms with Gasteiger partial charge in [0.2, 0.25) is 0 Å². The normalized spacial score (nSPS) is 12.0. The maximum atomic E-state index is 14.3. The Labute approximate surface area is 145 Å². The molecule has 5 nitrogen and oxygen atoms in total. The van der Waals surface area contributed by atoms with Crippen molar-refractivity contribution < 1.29 is 9.18 Å². The quantitative estimate of drug-likeness (QED) is 0.795. The van der Waals surface area contributed by atoms with Gasteiger partial charge in [-0.25, -0.2) is 4.39 Å².